The van der Waals surface area contributed by atoms with Crippen LogP contribution in [0.1, 0.15) is 17.5 Å². The number of fused-ring (bicyclic) bond motifs is 1. The molecule has 0 amide bonds. The Morgan fingerprint density at radius 1 is 1.00 bits per heavy atom. The number of hydrogen-bond donors (Lipinski definition) is 0. The molecule has 2 aromatic carbocycles. The molecule has 0 heterocycles. The predicted molar refractivity (Wildman–Crippen MR) is 103 cm³/mol. The van der Waals surface area contributed by atoms with Crippen LogP contribution < -0.4 is 9.47 Å². The zero-order valence-electron chi connectivity index (χ0n) is 15.0. The van der Waals surface area contributed by atoms with E-state index in [-0.39, 0.29) is 13.2 Å². The molecule has 1 aliphatic rings. The van der Waals surface area contributed by atoms with Crippen molar-refractivity contribution in [3.8, 4) is 11.5 Å². The molecule has 0 aromatic heterocycles. The Bertz CT molecular complexity index is 888. The van der Waals surface area contributed by atoms with Gasteiger partial charge in [0.1, 0.15) is 18.1 Å². The van der Waals surface area contributed by atoms with Crippen LogP contribution in [0.5, 0.6) is 11.5 Å². The second-order valence-electron chi connectivity index (χ2n) is 6.16. The van der Waals surface area contributed by atoms with Crippen molar-refractivity contribution in [2.45, 2.75) is 12.8 Å². The zero-order valence-corrected chi connectivity index (χ0v) is 15.8. The minimum absolute atomic E-state index is 0.284. The summed E-state index contributed by atoms with van der Waals surface area (Å²) in [6.07, 6.45) is 3.06. The molecule has 3 rings (SSSR count). The Morgan fingerprint density at radius 3 is 2.42 bits per heavy atom. The Kier molecular flexibility index (Phi) is 5.64. The molecule has 5 nitrogen and oxygen atoms in total. The average molecular weight is 373 g/mol. The third-order valence-electron chi connectivity index (χ3n) is 4.49. The van der Waals surface area contributed by atoms with Gasteiger partial charge in [0, 0.05) is 13.6 Å². The molecule has 1 aliphatic carbocycles. The molecule has 0 spiro atoms. The molecule has 0 bridgehead atoms. The molecule has 0 fully saturated rings. The first-order chi connectivity index (χ1) is 12.5. The minimum atomic E-state index is -3.48. The fraction of sp³-hybridized carbons (Fsp3) is 0.300. The SMILES string of the molecule is COc1ccc(OCCN(C)S(=O)(=O)C2=Cc3ccccc3CC2)cc1. The van der Waals surface area contributed by atoms with Gasteiger partial charge in [-0.1, -0.05) is 24.3 Å². The molecular formula is C20H23NO4S. The maximum absolute atomic E-state index is 12.8. The van der Waals surface area contributed by atoms with E-state index in [9.17, 15) is 8.42 Å². The number of hydrogen-bond acceptors (Lipinski definition) is 4. The van der Waals surface area contributed by atoms with Gasteiger partial charge >= 0.3 is 0 Å². The van der Waals surface area contributed by atoms with Gasteiger partial charge in [0.05, 0.1) is 12.0 Å². The van der Waals surface area contributed by atoms with Crippen LogP contribution in [0.4, 0.5) is 0 Å². The lowest BCUT2D eigenvalue weighted by Gasteiger charge is -2.22. The van der Waals surface area contributed by atoms with Crippen LogP contribution in [0.3, 0.4) is 0 Å². The minimum Gasteiger partial charge on any atom is -0.497 e. The zero-order chi connectivity index (χ0) is 18.6. The second kappa shape index (κ2) is 7.93. The van der Waals surface area contributed by atoms with Crippen LogP contribution in [-0.2, 0) is 16.4 Å². The van der Waals surface area contributed by atoms with Gasteiger partial charge in [-0.05, 0) is 54.3 Å². The third-order valence-corrected chi connectivity index (χ3v) is 6.48. The number of aryl methyl sites for hydroxylation is 1. The summed E-state index contributed by atoms with van der Waals surface area (Å²) >= 11 is 0. The summed E-state index contributed by atoms with van der Waals surface area (Å²) < 4.78 is 37.7. The summed E-state index contributed by atoms with van der Waals surface area (Å²) in [6.45, 7) is 0.569. The van der Waals surface area contributed by atoms with E-state index in [0.29, 0.717) is 17.1 Å². The highest BCUT2D eigenvalue weighted by Crippen LogP contribution is 2.28. The molecule has 0 atom stereocenters. The predicted octanol–water partition coefficient (Wildman–Crippen LogP) is 3.32. The van der Waals surface area contributed by atoms with E-state index in [4.69, 9.17) is 9.47 Å². The van der Waals surface area contributed by atoms with Crippen molar-refractivity contribution < 1.29 is 17.9 Å². The Hall–Kier alpha value is -2.31. The van der Waals surface area contributed by atoms with Crippen LogP contribution in [0, 0.1) is 0 Å². The molecule has 0 saturated carbocycles. The first-order valence-corrected chi connectivity index (χ1v) is 9.96. The van der Waals surface area contributed by atoms with Crippen LogP contribution in [0.25, 0.3) is 6.08 Å². The average Bonchev–Trinajstić information content (AvgIpc) is 2.68. The van der Waals surface area contributed by atoms with Gasteiger partial charge in [0.2, 0.25) is 10.0 Å². The fourth-order valence-electron chi connectivity index (χ4n) is 2.89. The highest BCUT2D eigenvalue weighted by atomic mass is 32.2. The number of nitrogens with zero attached hydrogens (tertiary/aromatic N) is 1. The Morgan fingerprint density at radius 2 is 1.69 bits per heavy atom. The van der Waals surface area contributed by atoms with Crippen LogP contribution in [0.2, 0.25) is 0 Å². The van der Waals surface area contributed by atoms with Crippen molar-refractivity contribution >= 4 is 16.1 Å². The number of benzene rings is 2. The van der Waals surface area contributed by atoms with Gasteiger partial charge in [0.15, 0.2) is 0 Å². The van der Waals surface area contributed by atoms with E-state index in [0.717, 1.165) is 17.7 Å². The standard InChI is InChI=1S/C20H23NO4S/c1-21(13-14-25-19-10-8-18(24-2)9-11-19)26(22,23)20-12-7-16-5-3-4-6-17(16)15-20/h3-6,8-11,15H,7,12-14H2,1-2H3. The molecule has 0 saturated heterocycles. The van der Waals surface area contributed by atoms with Gasteiger partial charge in [-0.3, -0.25) is 0 Å². The third kappa shape index (κ3) is 4.08. The molecule has 2 aromatic rings. The molecule has 0 unspecified atom stereocenters. The number of rotatable bonds is 7. The van der Waals surface area contributed by atoms with Crippen LogP contribution in [-0.4, -0.2) is 40.0 Å². The summed E-state index contributed by atoms with van der Waals surface area (Å²) in [5.74, 6) is 1.43. The van der Waals surface area contributed by atoms with E-state index in [1.165, 1.54) is 9.87 Å². The van der Waals surface area contributed by atoms with E-state index in [2.05, 4.69) is 0 Å². The van der Waals surface area contributed by atoms with Crippen molar-refractivity contribution in [2.75, 3.05) is 27.3 Å². The first-order valence-electron chi connectivity index (χ1n) is 8.52. The van der Waals surface area contributed by atoms with Crippen molar-refractivity contribution in [2.24, 2.45) is 0 Å². The van der Waals surface area contributed by atoms with Crippen LogP contribution in [0.15, 0.2) is 53.4 Å². The normalized spacial score (nSPS) is 13.9. The summed E-state index contributed by atoms with van der Waals surface area (Å²) in [5.41, 5.74) is 2.18. The maximum atomic E-state index is 12.8. The molecule has 0 aliphatic heterocycles. The van der Waals surface area contributed by atoms with Crippen LogP contribution >= 0.6 is 0 Å². The highest BCUT2D eigenvalue weighted by molar-refractivity contribution is 7.93. The lowest BCUT2D eigenvalue weighted by Crippen LogP contribution is -2.32. The Balaban J connectivity index is 1.61. The highest BCUT2D eigenvalue weighted by Gasteiger charge is 2.25. The van der Waals surface area contributed by atoms with Crippen molar-refractivity contribution in [1.29, 1.82) is 0 Å². The first kappa shape index (κ1) is 18.5. The number of sulfonamides is 1. The quantitative estimate of drug-likeness (QED) is 0.747. The number of ether oxygens (including phenoxy) is 2. The molecule has 0 radical (unpaired) electrons. The second-order valence-corrected chi connectivity index (χ2v) is 8.26. The summed E-state index contributed by atoms with van der Waals surface area (Å²) in [5, 5.41) is 0. The van der Waals surface area contributed by atoms with E-state index in [1.807, 2.05) is 24.3 Å². The number of allylic oxidation sites excluding steroid dienone is 1. The van der Waals surface area contributed by atoms with Crippen molar-refractivity contribution in [3.63, 3.8) is 0 Å². The number of methoxy groups -OCH3 is 1. The molecule has 6 heteroatoms. The van der Waals surface area contributed by atoms with Gasteiger partial charge < -0.3 is 9.47 Å². The number of likely N-dealkylation sites (N-methyl/N-ethyl adjacent to an activating group) is 1. The smallest absolute Gasteiger partial charge is 0.239 e. The largest absolute Gasteiger partial charge is 0.497 e. The maximum Gasteiger partial charge on any atom is 0.239 e. The summed E-state index contributed by atoms with van der Waals surface area (Å²) in [4.78, 5) is 0.461. The molecule has 138 valence electrons. The lowest BCUT2D eigenvalue weighted by atomic mass is 9.98. The van der Waals surface area contributed by atoms with Gasteiger partial charge in [0.25, 0.3) is 0 Å². The molecule has 0 N–H and O–H groups in total. The van der Waals surface area contributed by atoms with Crippen molar-refractivity contribution in [1.82, 2.24) is 4.31 Å². The molecular weight excluding hydrogens is 350 g/mol. The van der Waals surface area contributed by atoms with E-state index < -0.39 is 10.0 Å². The van der Waals surface area contributed by atoms with Gasteiger partial charge in [-0.15, -0.1) is 0 Å². The Labute approximate surface area is 154 Å². The topological polar surface area (TPSA) is 55.8 Å². The fourth-order valence-corrected chi connectivity index (χ4v) is 4.25. The van der Waals surface area contributed by atoms with E-state index in [1.54, 1.807) is 44.5 Å². The van der Waals surface area contributed by atoms with Gasteiger partial charge in [-0.25, -0.2) is 8.42 Å². The lowest BCUT2D eigenvalue weighted by molar-refractivity contribution is 0.287. The monoisotopic (exact) mass is 373 g/mol. The summed E-state index contributed by atoms with van der Waals surface area (Å²) in [7, 11) is -0.279. The van der Waals surface area contributed by atoms with E-state index >= 15 is 0 Å². The summed E-state index contributed by atoms with van der Waals surface area (Å²) in [6, 6.07) is 15.1. The van der Waals surface area contributed by atoms with Gasteiger partial charge in [-0.2, -0.15) is 4.31 Å². The molecule has 26 heavy (non-hydrogen) atoms. The van der Waals surface area contributed by atoms with Crippen molar-refractivity contribution in [3.05, 3.63) is 64.6 Å².